The van der Waals surface area contributed by atoms with Crippen LogP contribution in [-0.4, -0.2) is 6.54 Å². The van der Waals surface area contributed by atoms with Crippen molar-refractivity contribution in [1.82, 2.24) is 0 Å². The monoisotopic (exact) mass is 179 g/mol. The van der Waals surface area contributed by atoms with E-state index in [4.69, 9.17) is 5.73 Å². The molecule has 0 aliphatic rings. The van der Waals surface area contributed by atoms with E-state index in [0.717, 1.165) is 17.5 Å². The second kappa shape index (κ2) is 4.77. The summed E-state index contributed by atoms with van der Waals surface area (Å²) in [4.78, 5) is 0. The smallest absolute Gasteiger partial charge is 0.124 e. The van der Waals surface area contributed by atoms with Crippen molar-refractivity contribution in [3.63, 3.8) is 0 Å². The summed E-state index contributed by atoms with van der Waals surface area (Å²) in [6, 6.07) is 5.03. The lowest BCUT2D eigenvalue weighted by atomic mass is 10.1. The van der Waals surface area contributed by atoms with Crippen molar-refractivity contribution >= 4 is 6.08 Å². The molecule has 2 N–H and O–H groups in total. The Bertz CT molecular complexity index is 305. The standard InChI is InChI=1S/C11H14FN/c1-2-9-6-10(4-3-5-13)8-11(12)7-9/h3-4,6-8H,2,5,13H2,1H3/b4-3+. The lowest BCUT2D eigenvalue weighted by Crippen LogP contribution is -1.92. The molecule has 0 aliphatic carbocycles. The van der Waals surface area contributed by atoms with Crippen molar-refractivity contribution in [3.8, 4) is 0 Å². The van der Waals surface area contributed by atoms with Gasteiger partial charge in [-0.3, -0.25) is 0 Å². The molecule has 1 nitrogen and oxygen atoms in total. The fourth-order valence-corrected chi connectivity index (χ4v) is 1.18. The van der Waals surface area contributed by atoms with Gasteiger partial charge >= 0.3 is 0 Å². The molecular formula is C11H14FN. The van der Waals surface area contributed by atoms with Gasteiger partial charge in [-0.1, -0.05) is 25.1 Å². The first-order valence-corrected chi connectivity index (χ1v) is 4.42. The Morgan fingerprint density at radius 2 is 2.15 bits per heavy atom. The zero-order chi connectivity index (χ0) is 9.68. The number of nitrogens with two attached hydrogens (primary N) is 1. The van der Waals surface area contributed by atoms with Crippen LogP contribution in [0.3, 0.4) is 0 Å². The summed E-state index contributed by atoms with van der Waals surface area (Å²) in [5.41, 5.74) is 7.19. The Labute approximate surface area is 78.1 Å². The molecule has 0 radical (unpaired) electrons. The quantitative estimate of drug-likeness (QED) is 0.757. The molecular weight excluding hydrogens is 165 g/mol. The van der Waals surface area contributed by atoms with E-state index < -0.39 is 0 Å². The predicted octanol–water partition coefficient (Wildman–Crippen LogP) is 2.36. The van der Waals surface area contributed by atoms with Gasteiger partial charge in [0.05, 0.1) is 0 Å². The molecule has 70 valence electrons. The molecule has 0 aliphatic heterocycles. The molecule has 0 atom stereocenters. The summed E-state index contributed by atoms with van der Waals surface area (Å²) in [6.07, 6.45) is 4.50. The van der Waals surface area contributed by atoms with E-state index in [2.05, 4.69) is 0 Å². The van der Waals surface area contributed by atoms with E-state index in [1.54, 1.807) is 6.07 Å². The molecule has 0 saturated carbocycles. The molecule has 0 aromatic heterocycles. The fourth-order valence-electron chi connectivity index (χ4n) is 1.18. The number of hydrogen-bond acceptors (Lipinski definition) is 1. The van der Waals surface area contributed by atoms with Gasteiger partial charge in [0.25, 0.3) is 0 Å². The fraction of sp³-hybridized carbons (Fsp3) is 0.273. The highest BCUT2D eigenvalue weighted by Crippen LogP contribution is 2.11. The van der Waals surface area contributed by atoms with Crippen LogP contribution in [0.15, 0.2) is 24.3 Å². The van der Waals surface area contributed by atoms with E-state index in [9.17, 15) is 4.39 Å². The minimum absolute atomic E-state index is 0.184. The van der Waals surface area contributed by atoms with Crippen molar-refractivity contribution in [2.24, 2.45) is 5.73 Å². The molecule has 0 spiro atoms. The van der Waals surface area contributed by atoms with Crippen LogP contribution in [0.4, 0.5) is 4.39 Å². The van der Waals surface area contributed by atoms with Gasteiger partial charge in [0, 0.05) is 6.54 Å². The largest absolute Gasteiger partial charge is 0.327 e. The Morgan fingerprint density at radius 1 is 1.38 bits per heavy atom. The van der Waals surface area contributed by atoms with Crippen LogP contribution >= 0.6 is 0 Å². The first kappa shape index (κ1) is 9.93. The summed E-state index contributed by atoms with van der Waals surface area (Å²) in [5.74, 6) is -0.184. The third kappa shape index (κ3) is 2.99. The van der Waals surface area contributed by atoms with Crippen molar-refractivity contribution in [1.29, 1.82) is 0 Å². The first-order chi connectivity index (χ1) is 6.26. The molecule has 1 rings (SSSR count). The second-order valence-electron chi connectivity index (χ2n) is 2.88. The third-order valence-electron chi connectivity index (χ3n) is 1.83. The highest BCUT2D eigenvalue weighted by molar-refractivity contribution is 5.50. The van der Waals surface area contributed by atoms with Gasteiger partial charge in [-0.25, -0.2) is 4.39 Å². The lowest BCUT2D eigenvalue weighted by molar-refractivity contribution is 0.625. The summed E-state index contributed by atoms with van der Waals surface area (Å²) in [7, 11) is 0. The van der Waals surface area contributed by atoms with Gasteiger partial charge in [0.15, 0.2) is 0 Å². The number of rotatable bonds is 3. The predicted molar refractivity (Wildman–Crippen MR) is 53.9 cm³/mol. The molecule has 0 bridgehead atoms. The SMILES string of the molecule is CCc1cc(F)cc(/C=C/CN)c1. The molecule has 1 aromatic rings. The normalized spacial score (nSPS) is 11.0. The molecule has 0 fully saturated rings. The van der Waals surface area contributed by atoms with E-state index >= 15 is 0 Å². The molecule has 0 amide bonds. The molecule has 1 aromatic carbocycles. The van der Waals surface area contributed by atoms with Crippen LogP contribution in [0, 0.1) is 5.82 Å². The van der Waals surface area contributed by atoms with Crippen LogP contribution in [0.1, 0.15) is 18.1 Å². The van der Waals surface area contributed by atoms with Crippen LogP contribution in [0.25, 0.3) is 6.08 Å². The third-order valence-corrected chi connectivity index (χ3v) is 1.83. The number of halogens is 1. The van der Waals surface area contributed by atoms with E-state index in [1.807, 2.05) is 25.1 Å². The maximum Gasteiger partial charge on any atom is 0.124 e. The maximum atomic E-state index is 13.0. The Hall–Kier alpha value is -1.15. The van der Waals surface area contributed by atoms with Gasteiger partial charge < -0.3 is 5.73 Å². The highest BCUT2D eigenvalue weighted by Gasteiger charge is 1.96. The van der Waals surface area contributed by atoms with Crippen molar-refractivity contribution in [2.45, 2.75) is 13.3 Å². The molecule has 0 unspecified atom stereocenters. The Kier molecular flexibility index (Phi) is 3.65. The molecule has 0 saturated heterocycles. The van der Waals surface area contributed by atoms with Gasteiger partial charge in [-0.05, 0) is 29.7 Å². The zero-order valence-electron chi connectivity index (χ0n) is 7.76. The van der Waals surface area contributed by atoms with Crippen LogP contribution in [0.2, 0.25) is 0 Å². The number of hydrogen-bond donors (Lipinski definition) is 1. The average Bonchev–Trinajstić information content (AvgIpc) is 2.14. The van der Waals surface area contributed by atoms with Gasteiger partial charge in [-0.15, -0.1) is 0 Å². The van der Waals surface area contributed by atoms with E-state index in [1.165, 1.54) is 6.07 Å². The van der Waals surface area contributed by atoms with Crippen molar-refractivity contribution in [2.75, 3.05) is 6.54 Å². The van der Waals surface area contributed by atoms with Crippen molar-refractivity contribution < 1.29 is 4.39 Å². The minimum Gasteiger partial charge on any atom is -0.327 e. The summed E-state index contributed by atoms with van der Waals surface area (Å²) in [5, 5.41) is 0. The van der Waals surface area contributed by atoms with Gasteiger partial charge in [-0.2, -0.15) is 0 Å². The summed E-state index contributed by atoms with van der Waals surface area (Å²) >= 11 is 0. The highest BCUT2D eigenvalue weighted by atomic mass is 19.1. The summed E-state index contributed by atoms with van der Waals surface area (Å²) in [6.45, 7) is 2.49. The summed E-state index contributed by atoms with van der Waals surface area (Å²) < 4.78 is 13.0. The molecule has 13 heavy (non-hydrogen) atoms. The average molecular weight is 179 g/mol. The van der Waals surface area contributed by atoms with E-state index in [-0.39, 0.29) is 5.82 Å². The topological polar surface area (TPSA) is 26.0 Å². The van der Waals surface area contributed by atoms with E-state index in [0.29, 0.717) is 6.54 Å². The van der Waals surface area contributed by atoms with Crippen molar-refractivity contribution in [3.05, 3.63) is 41.2 Å². The minimum atomic E-state index is -0.184. The second-order valence-corrected chi connectivity index (χ2v) is 2.88. The number of benzene rings is 1. The zero-order valence-corrected chi connectivity index (χ0v) is 7.76. The molecule has 2 heteroatoms. The van der Waals surface area contributed by atoms with Crippen LogP contribution in [0.5, 0.6) is 0 Å². The first-order valence-electron chi connectivity index (χ1n) is 4.42. The van der Waals surface area contributed by atoms with Gasteiger partial charge in [0.1, 0.15) is 5.82 Å². The Balaban J connectivity index is 2.94. The lowest BCUT2D eigenvalue weighted by Gasteiger charge is -1.99. The number of aryl methyl sites for hydroxylation is 1. The van der Waals surface area contributed by atoms with Crippen LogP contribution < -0.4 is 5.73 Å². The van der Waals surface area contributed by atoms with Gasteiger partial charge in [0.2, 0.25) is 0 Å². The maximum absolute atomic E-state index is 13.0. The van der Waals surface area contributed by atoms with Crippen LogP contribution in [-0.2, 0) is 6.42 Å². The molecule has 0 heterocycles. The Morgan fingerprint density at radius 3 is 2.77 bits per heavy atom.